The number of hydrogen-bond donors (Lipinski definition) is 0. The van der Waals surface area contributed by atoms with E-state index in [4.69, 9.17) is 26.3 Å². The Morgan fingerprint density at radius 1 is 1.11 bits per heavy atom. The Hall–Kier alpha value is -2.25. The van der Waals surface area contributed by atoms with Gasteiger partial charge in [0.15, 0.2) is 0 Å². The van der Waals surface area contributed by atoms with Crippen LogP contribution in [0.25, 0.3) is 11.3 Å². The summed E-state index contributed by atoms with van der Waals surface area (Å²) in [5.41, 5.74) is 1.81. The fourth-order valence-electron chi connectivity index (χ4n) is 1.63. The normalized spacial score (nSPS) is 9.79. The summed E-state index contributed by atoms with van der Waals surface area (Å²) in [6.45, 7) is 0. The van der Waals surface area contributed by atoms with Crippen molar-refractivity contribution < 1.29 is 9.47 Å². The molecule has 0 aliphatic heterocycles. The summed E-state index contributed by atoms with van der Waals surface area (Å²) in [7, 11) is 3.16. The predicted octanol–water partition coefficient (Wildman–Crippen LogP) is 3.29. The Morgan fingerprint density at radius 3 is 2.21 bits per heavy atom. The van der Waals surface area contributed by atoms with Gasteiger partial charge in [0.25, 0.3) is 0 Å². The highest BCUT2D eigenvalue weighted by Crippen LogP contribution is 2.29. The van der Waals surface area contributed by atoms with Gasteiger partial charge in [-0.05, 0) is 24.3 Å². The van der Waals surface area contributed by atoms with E-state index in [1.54, 1.807) is 32.4 Å². The molecule has 0 fully saturated rings. The first-order valence-corrected chi connectivity index (χ1v) is 5.86. The quantitative estimate of drug-likeness (QED) is 0.806. The van der Waals surface area contributed by atoms with E-state index >= 15 is 0 Å². The summed E-state index contributed by atoms with van der Waals surface area (Å²) >= 11 is 5.93. The molecule has 0 aliphatic carbocycles. The standard InChI is InChI=1S/C14H11ClN2O2/c1-18-11-5-10(6-12(7-11)19-2)13-4-3-9(8-16)14(15)17-13/h3-7H,1-2H3. The first-order valence-electron chi connectivity index (χ1n) is 5.48. The monoisotopic (exact) mass is 274 g/mol. The van der Waals surface area contributed by atoms with Crippen molar-refractivity contribution in [1.29, 1.82) is 5.26 Å². The Morgan fingerprint density at radius 2 is 1.74 bits per heavy atom. The summed E-state index contributed by atoms with van der Waals surface area (Å²) in [5.74, 6) is 1.33. The molecule has 0 amide bonds. The zero-order chi connectivity index (χ0) is 13.8. The summed E-state index contributed by atoms with van der Waals surface area (Å²) in [6, 6.07) is 10.8. The summed E-state index contributed by atoms with van der Waals surface area (Å²) in [5, 5.41) is 9.01. The Kier molecular flexibility index (Phi) is 3.88. The topological polar surface area (TPSA) is 55.1 Å². The molecule has 4 nitrogen and oxygen atoms in total. The molecular formula is C14H11ClN2O2. The van der Waals surface area contributed by atoms with Crippen LogP contribution >= 0.6 is 11.6 Å². The second-order valence-electron chi connectivity index (χ2n) is 3.75. The molecule has 1 aromatic heterocycles. The number of rotatable bonds is 3. The second kappa shape index (κ2) is 5.59. The van der Waals surface area contributed by atoms with Crippen LogP contribution in [0, 0.1) is 11.3 Å². The maximum atomic E-state index is 8.83. The van der Waals surface area contributed by atoms with Crippen molar-refractivity contribution in [2.45, 2.75) is 0 Å². The molecule has 19 heavy (non-hydrogen) atoms. The number of aromatic nitrogens is 1. The second-order valence-corrected chi connectivity index (χ2v) is 4.11. The SMILES string of the molecule is COc1cc(OC)cc(-c2ccc(C#N)c(Cl)n2)c1. The molecule has 0 spiro atoms. The zero-order valence-electron chi connectivity index (χ0n) is 10.5. The van der Waals surface area contributed by atoms with Gasteiger partial charge in [-0.1, -0.05) is 11.6 Å². The summed E-state index contributed by atoms with van der Waals surface area (Å²) in [4.78, 5) is 4.20. The molecule has 0 N–H and O–H groups in total. The van der Waals surface area contributed by atoms with Crippen LogP contribution in [0.15, 0.2) is 30.3 Å². The van der Waals surface area contributed by atoms with Gasteiger partial charge in [0.1, 0.15) is 22.7 Å². The first-order chi connectivity index (χ1) is 9.17. The van der Waals surface area contributed by atoms with Crippen molar-refractivity contribution in [3.8, 4) is 28.8 Å². The number of hydrogen-bond acceptors (Lipinski definition) is 4. The van der Waals surface area contributed by atoms with E-state index in [-0.39, 0.29) is 5.15 Å². The molecule has 96 valence electrons. The van der Waals surface area contributed by atoms with Gasteiger partial charge >= 0.3 is 0 Å². The van der Waals surface area contributed by atoms with Crippen LogP contribution in [0.1, 0.15) is 5.56 Å². The third kappa shape index (κ3) is 2.78. The highest BCUT2D eigenvalue weighted by Gasteiger charge is 2.08. The fraction of sp³-hybridized carbons (Fsp3) is 0.143. The van der Waals surface area contributed by atoms with Crippen LogP contribution in [-0.2, 0) is 0 Å². The lowest BCUT2D eigenvalue weighted by atomic mass is 10.1. The molecule has 0 unspecified atom stereocenters. The Bertz CT molecular complexity index is 628. The lowest BCUT2D eigenvalue weighted by molar-refractivity contribution is 0.394. The third-order valence-corrected chi connectivity index (χ3v) is 2.90. The lowest BCUT2D eigenvalue weighted by Crippen LogP contribution is -1.91. The van der Waals surface area contributed by atoms with Crippen LogP contribution in [0.3, 0.4) is 0 Å². The van der Waals surface area contributed by atoms with Crippen molar-refractivity contribution in [1.82, 2.24) is 4.98 Å². The van der Waals surface area contributed by atoms with E-state index in [0.717, 1.165) is 5.56 Å². The van der Waals surface area contributed by atoms with Crippen molar-refractivity contribution >= 4 is 11.6 Å². The number of methoxy groups -OCH3 is 2. The average molecular weight is 275 g/mol. The van der Waals surface area contributed by atoms with Crippen LogP contribution < -0.4 is 9.47 Å². The van der Waals surface area contributed by atoms with Crippen LogP contribution in [0.5, 0.6) is 11.5 Å². The van der Waals surface area contributed by atoms with Gasteiger partial charge < -0.3 is 9.47 Å². The number of nitrogens with zero attached hydrogens (tertiary/aromatic N) is 2. The van der Waals surface area contributed by atoms with Gasteiger partial charge in [-0.3, -0.25) is 0 Å². The predicted molar refractivity (Wildman–Crippen MR) is 72.5 cm³/mol. The van der Waals surface area contributed by atoms with Gasteiger partial charge in [0.2, 0.25) is 0 Å². The number of benzene rings is 1. The number of ether oxygens (including phenoxy) is 2. The third-order valence-electron chi connectivity index (χ3n) is 2.62. The van der Waals surface area contributed by atoms with E-state index in [9.17, 15) is 0 Å². The van der Waals surface area contributed by atoms with E-state index in [0.29, 0.717) is 22.8 Å². The molecular weight excluding hydrogens is 264 g/mol. The molecule has 0 saturated heterocycles. The number of nitriles is 1. The number of halogens is 1. The molecule has 0 bridgehead atoms. The highest BCUT2D eigenvalue weighted by molar-refractivity contribution is 6.30. The van der Waals surface area contributed by atoms with Crippen molar-refractivity contribution in [2.24, 2.45) is 0 Å². The molecule has 2 aromatic rings. The molecule has 2 rings (SSSR count). The molecule has 0 radical (unpaired) electrons. The Labute approximate surface area is 116 Å². The van der Waals surface area contributed by atoms with Gasteiger partial charge in [-0.25, -0.2) is 4.98 Å². The highest BCUT2D eigenvalue weighted by atomic mass is 35.5. The molecule has 0 aliphatic rings. The van der Waals surface area contributed by atoms with E-state index in [2.05, 4.69) is 4.98 Å². The maximum absolute atomic E-state index is 8.83. The lowest BCUT2D eigenvalue weighted by Gasteiger charge is -2.08. The van der Waals surface area contributed by atoms with E-state index < -0.39 is 0 Å². The largest absolute Gasteiger partial charge is 0.497 e. The van der Waals surface area contributed by atoms with Gasteiger partial charge in [0.05, 0.1) is 25.5 Å². The van der Waals surface area contributed by atoms with Crippen LogP contribution in [-0.4, -0.2) is 19.2 Å². The van der Waals surface area contributed by atoms with Gasteiger partial charge in [-0.2, -0.15) is 5.26 Å². The van der Waals surface area contributed by atoms with Crippen LogP contribution in [0.4, 0.5) is 0 Å². The van der Waals surface area contributed by atoms with E-state index in [1.807, 2.05) is 18.2 Å². The van der Waals surface area contributed by atoms with Crippen molar-refractivity contribution in [3.05, 3.63) is 41.0 Å². The minimum Gasteiger partial charge on any atom is -0.497 e. The number of pyridine rings is 1. The molecule has 1 aromatic carbocycles. The van der Waals surface area contributed by atoms with Gasteiger partial charge in [0, 0.05) is 11.6 Å². The zero-order valence-corrected chi connectivity index (χ0v) is 11.2. The van der Waals surface area contributed by atoms with Crippen molar-refractivity contribution in [3.63, 3.8) is 0 Å². The fourth-order valence-corrected chi connectivity index (χ4v) is 1.83. The van der Waals surface area contributed by atoms with E-state index in [1.165, 1.54) is 0 Å². The summed E-state index contributed by atoms with van der Waals surface area (Å²) in [6.07, 6.45) is 0. The first kappa shape index (κ1) is 13.2. The van der Waals surface area contributed by atoms with Crippen LogP contribution in [0.2, 0.25) is 5.15 Å². The maximum Gasteiger partial charge on any atom is 0.147 e. The van der Waals surface area contributed by atoms with Gasteiger partial charge in [-0.15, -0.1) is 0 Å². The average Bonchev–Trinajstić information content (AvgIpc) is 2.46. The molecule has 1 heterocycles. The molecule has 0 saturated carbocycles. The smallest absolute Gasteiger partial charge is 0.147 e. The molecule has 0 atom stereocenters. The summed E-state index contributed by atoms with van der Waals surface area (Å²) < 4.78 is 10.4. The minimum absolute atomic E-state index is 0.182. The Balaban J connectivity index is 2.52. The minimum atomic E-state index is 0.182. The molecule has 5 heteroatoms. The van der Waals surface area contributed by atoms with Crippen molar-refractivity contribution in [2.75, 3.05) is 14.2 Å².